The van der Waals surface area contributed by atoms with Gasteiger partial charge in [0.2, 0.25) is 0 Å². The van der Waals surface area contributed by atoms with Crippen molar-refractivity contribution in [2.24, 2.45) is 0 Å². The Morgan fingerprint density at radius 3 is 2.06 bits per heavy atom. The summed E-state index contributed by atoms with van der Waals surface area (Å²) in [7, 11) is 3.20. The zero-order valence-corrected chi connectivity index (χ0v) is 10.7. The maximum absolute atomic E-state index is 9.57. The quantitative estimate of drug-likeness (QED) is 0.899. The molecular formula is C15H16O3. The molecule has 1 N–H and O–H groups in total. The smallest absolute Gasteiger partial charge is 0.161 e. The molecule has 0 saturated heterocycles. The predicted molar refractivity (Wildman–Crippen MR) is 71.4 cm³/mol. The van der Waals surface area contributed by atoms with Crippen molar-refractivity contribution in [3.05, 3.63) is 42.0 Å². The first-order chi connectivity index (χ1) is 8.65. The first kappa shape index (κ1) is 12.3. The van der Waals surface area contributed by atoms with Crippen LogP contribution >= 0.6 is 0 Å². The van der Waals surface area contributed by atoms with E-state index in [9.17, 15) is 5.11 Å². The van der Waals surface area contributed by atoms with Gasteiger partial charge in [0.1, 0.15) is 5.75 Å². The Labute approximate surface area is 107 Å². The molecule has 2 aromatic carbocycles. The predicted octanol–water partition coefficient (Wildman–Crippen LogP) is 3.38. The van der Waals surface area contributed by atoms with Gasteiger partial charge >= 0.3 is 0 Å². The molecule has 0 spiro atoms. The minimum Gasteiger partial charge on any atom is -0.504 e. The molecular weight excluding hydrogens is 228 g/mol. The minimum atomic E-state index is 0.145. The van der Waals surface area contributed by atoms with Crippen LogP contribution in [0, 0.1) is 6.92 Å². The van der Waals surface area contributed by atoms with Crippen molar-refractivity contribution in [3.8, 4) is 28.4 Å². The van der Waals surface area contributed by atoms with E-state index in [1.54, 1.807) is 13.2 Å². The number of phenolic OH excluding ortho intramolecular Hbond substituents is 1. The first-order valence-electron chi connectivity index (χ1n) is 5.67. The van der Waals surface area contributed by atoms with Gasteiger partial charge in [0.25, 0.3) is 0 Å². The number of rotatable bonds is 3. The molecule has 0 aliphatic heterocycles. The molecule has 0 heterocycles. The highest BCUT2D eigenvalue weighted by molar-refractivity contribution is 5.68. The maximum Gasteiger partial charge on any atom is 0.161 e. The zero-order valence-electron chi connectivity index (χ0n) is 10.7. The van der Waals surface area contributed by atoms with Crippen molar-refractivity contribution in [3.63, 3.8) is 0 Å². The van der Waals surface area contributed by atoms with Crippen LogP contribution in [0.15, 0.2) is 36.4 Å². The number of phenols is 1. The lowest BCUT2D eigenvalue weighted by atomic mass is 10.0. The van der Waals surface area contributed by atoms with Gasteiger partial charge in [-0.15, -0.1) is 0 Å². The van der Waals surface area contributed by atoms with Crippen molar-refractivity contribution in [2.45, 2.75) is 6.92 Å². The van der Waals surface area contributed by atoms with Crippen molar-refractivity contribution in [1.29, 1.82) is 0 Å². The van der Waals surface area contributed by atoms with Gasteiger partial charge in [0, 0.05) is 0 Å². The van der Waals surface area contributed by atoms with Crippen molar-refractivity contribution in [2.75, 3.05) is 14.2 Å². The van der Waals surface area contributed by atoms with E-state index >= 15 is 0 Å². The third kappa shape index (κ3) is 2.25. The second-order valence-electron chi connectivity index (χ2n) is 4.07. The average molecular weight is 244 g/mol. The van der Waals surface area contributed by atoms with Crippen LogP contribution in [0.3, 0.4) is 0 Å². The molecule has 0 radical (unpaired) electrons. The molecule has 94 valence electrons. The molecule has 0 amide bonds. The average Bonchev–Trinajstić information content (AvgIpc) is 2.39. The third-order valence-corrected chi connectivity index (χ3v) is 2.91. The van der Waals surface area contributed by atoms with E-state index in [4.69, 9.17) is 9.47 Å². The standard InChI is InChI=1S/C15H16O3/c1-10-8-11(5-7-14(10)17-2)12-4-6-13(16)15(9-12)18-3/h4-9,16H,1-3H3. The molecule has 0 unspecified atom stereocenters. The highest BCUT2D eigenvalue weighted by Gasteiger charge is 2.06. The zero-order chi connectivity index (χ0) is 13.1. The summed E-state index contributed by atoms with van der Waals surface area (Å²) < 4.78 is 10.3. The number of aromatic hydroxyl groups is 1. The molecule has 0 saturated carbocycles. The third-order valence-electron chi connectivity index (χ3n) is 2.91. The number of benzene rings is 2. The molecule has 3 heteroatoms. The summed E-state index contributed by atoms with van der Waals surface area (Å²) >= 11 is 0. The topological polar surface area (TPSA) is 38.7 Å². The van der Waals surface area contributed by atoms with Crippen LogP contribution < -0.4 is 9.47 Å². The SMILES string of the molecule is COc1ccc(-c2ccc(O)c(OC)c2)cc1C. The van der Waals surface area contributed by atoms with Crippen LogP contribution in [0.25, 0.3) is 11.1 Å². The van der Waals surface area contributed by atoms with Gasteiger partial charge in [-0.25, -0.2) is 0 Å². The fourth-order valence-corrected chi connectivity index (χ4v) is 1.92. The summed E-state index contributed by atoms with van der Waals surface area (Å²) in [5.41, 5.74) is 3.13. The molecule has 0 aliphatic carbocycles. The molecule has 0 aromatic heterocycles. The molecule has 0 atom stereocenters. The minimum absolute atomic E-state index is 0.145. The van der Waals surface area contributed by atoms with Crippen LogP contribution in [-0.2, 0) is 0 Å². The second kappa shape index (κ2) is 5.00. The fraction of sp³-hybridized carbons (Fsp3) is 0.200. The highest BCUT2D eigenvalue weighted by Crippen LogP contribution is 2.33. The van der Waals surface area contributed by atoms with Gasteiger partial charge in [-0.3, -0.25) is 0 Å². The van der Waals surface area contributed by atoms with Crippen LogP contribution in [-0.4, -0.2) is 19.3 Å². The Bertz CT molecular complexity index is 562. The van der Waals surface area contributed by atoms with Gasteiger partial charge in [-0.1, -0.05) is 12.1 Å². The Balaban J connectivity index is 2.45. The number of ether oxygens (including phenoxy) is 2. The Morgan fingerprint density at radius 2 is 1.44 bits per heavy atom. The van der Waals surface area contributed by atoms with Gasteiger partial charge in [0.05, 0.1) is 14.2 Å². The summed E-state index contributed by atoms with van der Waals surface area (Å²) in [6, 6.07) is 11.3. The van der Waals surface area contributed by atoms with Crippen molar-refractivity contribution in [1.82, 2.24) is 0 Å². The Hall–Kier alpha value is -2.16. The van der Waals surface area contributed by atoms with E-state index in [-0.39, 0.29) is 5.75 Å². The maximum atomic E-state index is 9.57. The number of hydrogen-bond donors (Lipinski definition) is 1. The van der Waals surface area contributed by atoms with E-state index in [1.165, 1.54) is 7.11 Å². The van der Waals surface area contributed by atoms with Crippen LogP contribution in [0.2, 0.25) is 0 Å². The summed E-state index contributed by atoms with van der Waals surface area (Å²) in [4.78, 5) is 0. The summed E-state index contributed by atoms with van der Waals surface area (Å²) in [6.45, 7) is 2.00. The fourth-order valence-electron chi connectivity index (χ4n) is 1.92. The van der Waals surface area contributed by atoms with E-state index < -0.39 is 0 Å². The molecule has 0 bridgehead atoms. The second-order valence-corrected chi connectivity index (χ2v) is 4.07. The van der Waals surface area contributed by atoms with Gasteiger partial charge < -0.3 is 14.6 Å². The summed E-state index contributed by atoms with van der Waals surface area (Å²) in [6.07, 6.45) is 0. The lowest BCUT2D eigenvalue weighted by molar-refractivity contribution is 0.373. The van der Waals surface area contributed by atoms with Crippen LogP contribution in [0.5, 0.6) is 17.2 Å². The monoisotopic (exact) mass is 244 g/mol. The number of hydrogen-bond acceptors (Lipinski definition) is 3. The van der Waals surface area contributed by atoms with Crippen LogP contribution in [0.4, 0.5) is 0 Å². The molecule has 2 rings (SSSR count). The van der Waals surface area contributed by atoms with Crippen LogP contribution in [0.1, 0.15) is 5.56 Å². The molecule has 3 nitrogen and oxygen atoms in total. The molecule has 0 fully saturated rings. The highest BCUT2D eigenvalue weighted by atomic mass is 16.5. The first-order valence-corrected chi connectivity index (χ1v) is 5.67. The lowest BCUT2D eigenvalue weighted by Crippen LogP contribution is -1.89. The number of methoxy groups -OCH3 is 2. The van der Waals surface area contributed by atoms with Crippen molar-refractivity contribution >= 4 is 0 Å². The normalized spacial score (nSPS) is 10.2. The van der Waals surface area contributed by atoms with Crippen molar-refractivity contribution < 1.29 is 14.6 Å². The largest absolute Gasteiger partial charge is 0.504 e. The molecule has 0 aliphatic rings. The van der Waals surface area contributed by atoms with Gasteiger partial charge in [-0.05, 0) is 47.9 Å². The summed E-state index contributed by atoms with van der Waals surface area (Å²) in [5.74, 6) is 1.48. The molecule has 18 heavy (non-hydrogen) atoms. The van der Waals surface area contributed by atoms with E-state index in [0.29, 0.717) is 5.75 Å². The van der Waals surface area contributed by atoms with E-state index in [2.05, 4.69) is 0 Å². The Kier molecular flexibility index (Phi) is 3.42. The number of aryl methyl sites for hydroxylation is 1. The summed E-state index contributed by atoms with van der Waals surface area (Å²) in [5, 5.41) is 9.57. The Morgan fingerprint density at radius 1 is 0.833 bits per heavy atom. The van der Waals surface area contributed by atoms with Gasteiger partial charge in [0.15, 0.2) is 11.5 Å². The lowest BCUT2D eigenvalue weighted by Gasteiger charge is -2.09. The molecule has 2 aromatic rings. The van der Waals surface area contributed by atoms with E-state index in [0.717, 1.165) is 22.4 Å². The van der Waals surface area contributed by atoms with Gasteiger partial charge in [-0.2, -0.15) is 0 Å². The van der Waals surface area contributed by atoms with E-state index in [1.807, 2.05) is 37.3 Å².